The molecule has 0 N–H and O–H groups in total. The number of carbonyl (C=O) groups is 2. The number of thioether (sulfide) groups is 1. The molecule has 0 aromatic carbocycles. The molecule has 0 bridgehead atoms. The second-order valence-electron chi connectivity index (χ2n) is 5.46. The van der Waals surface area contributed by atoms with Crippen LogP contribution in [0, 0.1) is 0 Å². The predicted molar refractivity (Wildman–Crippen MR) is 77.8 cm³/mol. The van der Waals surface area contributed by atoms with Crippen molar-refractivity contribution in [2.45, 2.75) is 43.5 Å². The normalized spacial score (nSPS) is 29.5. The van der Waals surface area contributed by atoms with Crippen molar-refractivity contribution in [3.8, 4) is 0 Å². The molecule has 2 atom stereocenters. The van der Waals surface area contributed by atoms with Gasteiger partial charge in [-0.05, 0) is 26.2 Å². The van der Waals surface area contributed by atoms with E-state index in [1.54, 1.807) is 16.7 Å². The van der Waals surface area contributed by atoms with Crippen molar-refractivity contribution >= 4 is 23.6 Å². The van der Waals surface area contributed by atoms with Gasteiger partial charge in [-0.15, -0.1) is 18.3 Å². The van der Waals surface area contributed by atoms with Crippen LogP contribution in [0.3, 0.4) is 0 Å². The van der Waals surface area contributed by atoms with Gasteiger partial charge in [0.25, 0.3) is 0 Å². The van der Waals surface area contributed by atoms with Gasteiger partial charge in [0, 0.05) is 25.8 Å². The largest absolute Gasteiger partial charge is 0.344 e. The van der Waals surface area contributed by atoms with Crippen LogP contribution in [0.5, 0.6) is 0 Å². The summed E-state index contributed by atoms with van der Waals surface area (Å²) in [5.41, 5.74) is 0. The van der Waals surface area contributed by atoms with Crippen LogP contribution in [0.2, 0.25) is 0 Å². The predicted octanol–water partition coefficient (Wildman–Crippen LogP) is 1.86. The highest BCUT2D eigenvalue weighted by Gasteiger charge is 2.53. The molecule has 0 aliphatic carbocycles. The highest BCUT2D eigenvalue weighted by Crippen LogP contribution is 2.47. The zero-order chi connectivity index (χ0) is 14.0. The van der Waals surface area contributed by atoms with Crippen LogP contribution >= 0.6 is 11.8 Å². The first-order valence-corrected chi connectivity index (χ1v) is 7.80. The van der Waals surface area contributed by atoms with Crippen molar-refractivity contribution in [2.24, 2.45) is 0 Å². The lowest BCUT2D eigenvalue weighted by Gasteiger charge is -2.31. The molecule has 0 spiro atoms. The zero-order valence-corrected chi connectivity index (χ0v) is 12.5. The van der Waals surface area contributed by atoms with Gasteiger partial charge < -0.3 is 9.80 Å². The first kappa shape index (κ1) is 14.4. The van der Waals surface area contributed by atoms with E-state index in [2.05, 4.69) is 13.5 Å². The van der Waals surface area contributed by atoms with E-state index in [-0.39, 0.29) is 22.7 Å². The number of carbonyl (C=O) groups excluding carboxylic acids is 2. The molecule has 19 heavy (non-hydrogen) atoms. The SMILES string of the molecule is C=CCCCN(C)C(=O)C1CSC2(C)CCC(=O)N12. The lowest BCUT2D eigenvalue weighted by atomic mass is 10.2. The summed E-state index contributed by atoms with van der Waals surface area (Å²) < 4.78 is 0. The molecule has 4 nitrogen and oxygen atoms in total. The Bertz CT molecular complexity index is 399. The van der Waals surface area contributed by atoms with E-state index in [1.807, 2.05) is 18.0 Å². The van der Waals surface area contributed by atoms with Gasteiger partial charge in [-0.2, -0.15) is 0 Å². The van der Waals surface area contributed by atoms with Gasteiger partial charge in [0.15, 0.2) is 0 Å². The van der Waals surface area contributed by atoms with E-state index < -0.39 is 0 Å². The second-order valence-corrected chi connectivity index (χ2v) is 6.96. The third-order valence-corrected chi connectivity index (χ3v) is 5.51. The van der Waals surface area contributed by atoms with Gasteiger partial charge in [0.1, 0.15) is 6.04 Å². The Morgan fingerprint density at radius 2 is 2.42 bits per heavy atom. The molecule has 0 radical (unpaired) electrons. The smallest absolute Gasteiger partial charge is 0.246 e. The number of likely N-dealkylation sites (N-methyl/N-ethyl adjacent to an activating group) is 1. The summed E-state index contributed by atoms with van der Waals surface area (Å²) in [5, 5.41) is 0. The Balaban J connectivity index is 2.00. The minimum atomic E-state index is -0.265. The quantitative estimate of drug-likeness (QED) is 0.571. The molecule has 5 heteroatoms. The van der Waals surface area contributed by atoms with Crippen molar-refractivity contribution < 1.29 is 9.59 Å². The van der Waals surface area contributed by atoms with Gasteiger partial charge in [-0.3, -0.25) is 9.59 Å². The van der Waals surface area contributed by atoms with Crippen LogP contribution in [0.4, 0.5) is 0 Å². The number of unbranched alkanes of at least 4 members (excludes halogenated alkanes) is 1. The Labute approximate surface area is 119 Å². The molecule has 2 aliphatic rings. The zero-order valence-electron chi connectivity index (χ0n) is 11.7. The summed E-state index contributed by atoms with van der Waals surface area (Å²) in [7, 11) is 1.83. The third-order valence-electron chi connectivity index (χ3n) is 4.01. The molecule has 2 unspecified atom stereocenters. The van der Waals surface area contributed by atoms with E-state index in [9.17, 15) is 9.59 Å². The van der Waals surface area contributed by atoms with Crippen molar-refractivity contribution in [1.82, 2.24) is 9.80 Å². The van der Waals surface area contributed by atoms with Crippen molar-refractivity contribution in [1.29, 1.82) is 0 Å². The van der Waals surface area contributed by atoms with Crippen molar-refractivity contribution in [3.63, 3.8) is 0 Å². The van der Waals surface area contributed by atoms with Crippen molar-refractivity contribution in [3.05, 3.63) is 12.7 Å². The highest BCUT2D eigenvalue weighted by molar-refractivity contribution is 8.01. The van der Waals surface area contributed by atoms with E-state index >= 15 is 0 Å². The number of rotatable bonds is 5. The number of fused-ring (bicyclic) bond motifs is 1. The van der Waals surface area contributed by atoms with Crippen molar-refractivity contribution in [2.75, 3.05) is 19.3 Å². The molecule has 0 aromatic heterocycles. The number of nitrogens with zero attached hydrogens (tertiary/aromatic N) is 2. The fourth-order valence-corrected chi connectivity index (χ4v) is 4.26. The molecular formula is C14H22N2O2S. The Morgan fingerprint density at radius 3 is 3.11 bits per heavy atom. The van der Waals surface area contributed by atoms with E-state index in [1.165, 1.54) is 0 Å². The molecule has 2 heterocycles. The summed E-state index contributed by atoms with van der Waals surface area (Å²) in [5.74, 6) is 0.938. The Hall–Kier alpha value is -0.970. The van der Waals surface area contributed by atoms with Gasteiger partial charge in [0.2, 0.25) is 11.8 Å². The molecular weight excluding hydrogens is 260 g/mol. The summed E-state index contributed by atoms with van der Waals surface area (Å²) in [6.45, 7) is 6.49. The highest BCUT2D eigenvalue weighted by atomic mass is 32.2. The van der Waals surface area contributed by atoms with E-state index in [4.69, 9.17) is 0 Å². The molecule has 2 rings (SSSR count). The van der Waals surface area contributed by atoms with E-state index in [0.717, 1.165) is 31.6 Å². The molecule has 106 valence electrons. The van der Waals surface area contributed by atoms with Gasteiger partial charge in [-0.1, -0.05) is 6.08 Å². The summed E-state index contributed by atoms with van der Waals surface area (Å²) in [6, 6.07) is -0.265. The maximum Gasteiger partial charge on any atom is 0.246 e. The Kier molecular flexibility index (Phi) is 4.23. The average Bonchev–Trinajstić information content (AvgIpc) is 2.86. The first-order chi connectivity index (χ1) is 8.99. The second kappa shape index (κ2) is 5.57. The van der Waals surface area contributed by atoms with Crippen LogP contribution in [-0.4, -0.2) is 51.9 Å². The molecule has 0 saturated carbocycles. The van der Waals surface area contributed by atoms with Crippen LogP contribution in [0.25, 0.3) is 0 Å². The monoisotopic (exact) mass is 282 g/mol. The lowest BCUT2D eigenvalue weighted by Crippen LogP contribution is -2.50. The van der Waals surface area contributed by atoms with Crippen LogP contribution in [0.15, 0.2) is 12.7 Å². The fraction of sp³-hybridized carbons (Fsp3) is 0.714. The first-order valence-electron chi connectivity index (χ1n) is 6.81. The van der Waals surface area contributed by atoms with Gasteiger partial charge >= 0.3 is 0 Å². The fourth-order valence-electron chi connectivity index (χ4n) is 2.84. The minimum absolute atomic E-state index is 0.0792. The number of allylic oxidation sites excluding steroid dienone is 1. The molecule has 2 amide bonds. The van der Waals surface area contributed by atoms with Gasteiger partial charge in [-0.25, -0.2) is 0 Å². The van der Waals surface area contributed by atoms with Crippen LogP contribution in [0.1, 0.15) is 32.6 Å². The Morgan fingerprint density at radius 1 is 1.68 bits per heavy atom. The summed E-state index contributed by atoms with van der Waals surface area (Å²) in [6.07, 6.45) is 5.15. The summed E-state index contributed by atoms with van der Waals surface area (Å²) in [4.78, 5) is 27.9. The van der Waals surface area contributed by atoms with E-state index in [0.29, 0.717) is 6.42 Å². The minimum Gasteiger partial charge on any atom is -0.344 e. The average molecular weight is 282 g/mol. The third kappa shape index (κ3) is 2.66. The summed E-state index contributed by atoms with van der Waals surface area (Å²) >= 11 is 1.74. The maximum atomic E-state index is 12.5. The molecule has 0 aromatic rings. The van der Waals surface area contributed by atoms with Crippen LogP contribution in [-0.2, 0) is 9.59 Å². The standard InChI is InChI=1S/C14H22N2O2S/c1-4-5-6-9-15(3)13(18)11-10-19-14(2)8-7-12(17)16(11)14/h4,11H,1,5-10H2,2-3H3. The lowest BCUT2D eigenvalue weighted by molar-refractivity contribution is -0.142. The molecule has 2 aliphatic heterocycles. The number of hydrogen-bond acceptors (Lipinski definition) is 3. The molecule has 2 saturated heterocycles. The van der Waals surface area contributed by atoms with Crippen LogP contribution < -0.4 is 0 Å². The van der Waals surface area contributed by atoms with Gasteiger partial charge in [0.05, 0.1) is 4.87 Å². The number of hydrogen-bond donors (Lipinski definition) is 0. The number of amides is 2. The molecule has 2 fully saturated rings. The maximum absolute atomic E-state index is 12.5. The topological polar surface area (TPSA) is 40.6 Å².